The van der Waals surface area contributed by atoms with Crippen molar-refractivity contribution in [2.45, 2.75) is 91.8 Å². The van der Waals surface area contributed by atoms with Gasteiger partial charge in [0.05, 0.1) is 11.0 Å². The topological polar surface area (TPSA) is 79.3 Å². The summed E-state index contributed by atoms with van der Waals surface area (Å²) in [5.74, 6) is 0.675. The van der Waals surface area contributed by atoms with Gasteiger partial charge in [0, 0.05) is 30.1 Å². The quantitative estimate of drug-likeness (QED) is 0.320. The van der Waals surface area contributed by atoms with Crippen molar-refractivity contribution in [2.75, 3.05) is 18.4 Å². The summed E-state index contributed by atoms with van der Waals surface area (Å²) in [7, 11) is 0. The van der Waals surface area contributed by atoms with Crippen molar-refractivity contribution in [3.05, 3.63) is 59.4 Å². The zero-order valence-corrected chi connectivity index (χ0v) is 25.8. The van der Waals surface area contributed by atoms with Crippen LogP contribution in [0.15, 0.2) is 42.5 Å². The highest BCUT2D eigenvalue weighted by Crippen LogP contribution is 2.38. The molecule has 1 aliphatic heterocycles. The number of hydrogen-bond acceptors (Lipinski definition) is 4. The number of hydrogen-bond donors (Lipinski definition) is 2. The summed E-state index contributed by atoms with van der Waals surface area (Å²) < 4.78 is 15.6. The van der Waals surface area contributed by atoms with Crippen LogP contribution in [0.1, 0.15) is 95.1 Å². The van der Waals surface area contributed by atoms with E-state index in [9.17, 15) is 14.0 Å². The van der Waals surface area contributed by atoms with Crippen molar-refractivity contribution in [3.63, 3.8) is 0 Å². The molecular formula is C34H46FN5O2. The van der Waals surface area contributed by atoms with Gasteiger partial charge in [0.2, 0.25) is 11.9 Å². The number of nitrogens with zero attached hydrogens (tertiary/aromatic N) is 3. The highest BCUT2D eigenvalue weighted by molar-refractivity contribution is 6.04. The van der Waals surface area contributed by atoms with E-state index in [1.165, 1.54) is 42.7 Å². The van der Waals surface area contributed by atoms with E-state index < -0.39 is 0 Å². The number of fused-ring (bicyclic) bond motifs is 1. The average molecular weight is 576 g/mol. The Labute approximate surface area is 249 Å². The Morgan fingerprint density at radius 2 is 1.64 bits per heavy atom. The van der Waals surface area contributed by atoms with Crippen LogP contribution in [-0.2, 0) is 11.3 Å². The third-order valence-corrected chi connectivity index (χ3v) is 9.17. The van der Waals surface area contributed by atoms with E-state index in [0.717, 1.165) is 62.3 Å². The maximum atomic E-state index is 13.5. The SMILES string of the molecule is CC(C)NC(=O)C1CCC(n2c(NC(=O)c3ccc(F)cc3)nc3ccc(CN4CCC(C(C)(C)C)CC4)cc32)CC1. The number of amides is 2. The number of likely N-dealkylation sites (tertiary alicyclic amines) is 1. The van der Waals surface area contributed by atoms with Gasteiger partial charge in [-0.05, 0) is 119 Å². The highest BCUT2D eigenvalue weighted by Gasteiger charge is 2.31. The third-order valence-electron chi connectivity index (χ3n) is 9.17. The Balaban J connectivity index is 1.39. The lowest BCUT2D eigenvalue weighted by atomic mass is 9.75. The Kier molecular flexibility index (Phi) is 9.02. The van der Waals surface area contributed by atoms with Crippen molar-refractivity contribution < 1.29 is 14.0 Å². The first kappa shape index (κ1) is 30.2. The molecule has 2 heterocycles. The second-order valence-electron chi connectivity index (χ2n) is 13.7. The standard InChI is InChI=1S/C34H46FN5O2/c1-22(2)36-31(41)25-9-13-28(14-10-25)40-30-20-23(21-39-18-16-26(17-19-39)34(3,4)5)6-15-29(30)37-33(40)38-32(42)24-7-11-27(35)12-8-24/h6-8,11-12,15,20,22,25-26,28H,9-10,13-14,16-19,21H2,1-5H3,(H,36,41)(H,37,38,42). The van der Waals surface area contributed by atoms with Gasteiger partial charge in [0.15, 0.2) is 0 Å². The number of imidazole rings is 1. The minimum Gasteiger partial charge on any atom is -0.354 e. The van der Waals surface area contributed by atoms with Crippen LogP contribution in [0, 0.1) is 23.1 Å². The molecule has 2 aromatic carbocycles. The monoisotopic (exact) mass is 575 g/mol. The molecule has 5 rings (SSSR count). The maximum Gasteiger partial charge on any atom is 0.257 e. The summed E-state index contributed by atoms with van der Waals surface area (Å²) >= 11 is 0. The number of nitrogens with one attached hydrogen (secondary N) is 2. The van der Waals surface area contributed by atoms with Gasteiger partial charge < -0.3 is 9.88 Å². The molecule has 0 unspecified atom stereocenters. The first-order chi connectivity index (χ1) is 20.0. The molecule has 1 aromatic heterocycles. The summed E-state index contributed by atoms with van der Waals surface area (Å²) in [5, 5.41) is 6.08. The number of anilines is 1. The van der Waals surface area contributed by atoms with Gasteiger partial charge in [0.25, 0.3) is 5.91 Å². The van der Waals surface area contributed by atoms with Crippen molar-refractivity contribution in [2.24, 2.45) is 17.3 Å². The second kappa shape index (κ2) is 12.5. The molecule has 0 radical (unpaired) electrons. The van der Waals surface area contributed by atoms with E-state index in [4.69, 9.17) is 4.98 Å². The zero-order chi connectivity index (χ0) is 30.0. The van der Waals surface area contributed by atoms with E-state index in [2.05, 4.69) is 59.1 Å². The van der Waals surface area contributed by atoms with Crippen LogP contribution in [0.5, 0.6) is 0 Å². The normalized spacial score (nSPS) is 20.6. The number of piperidine rings is 1. The van der Waals surface area contributed by atoms with Crippen LogP contribution >= 0.6 is 0 Å². The highest BCUT2D eigenvalue weighted by atomic mass is 19.1. The molecule has 1 saturated carbocycles. The van der Waals surface area contributed by atoms with Gasteiger partial charge in [0.1, 0.15) is 5.82 Å². The Hall–Kier alpha value is -3.26. The van der Waals surface area contributed by atoms with Gasteiger partial charge in [-0.1, -0.05) is 26.8 Å². The Bertz CT molecular complexity index is 1390. The van der Waals surface area contributed by atoms with Gasteiger partial charge in [-0.2, -0.15) is 0 Å². The minimum absolute atomic E-state index is 0.00211. The lowest BCUT2D eigenvalue weighted by molar-refractivity contribution is -0.126. The van der Waals surface area contributed by atoms with Gasteiger partial charge in [-0.3, -0.25) is 19.8 Å². The predicted molar refractivity (Wildman–Crippen MR) is 166 cm³/mol. The van der Waals surface area contributed by atoms with Crippen molar-refractivity contribution in [1.82, 2.24) is 19.8 Å². The fourth-order valence-corrected chi connectivity index (χ4v) is 6.68. The van der Waals surface area contributed by atoms with Crippen molar-refractivity contribution in [3.8, 4) is 0 Å². The molecule has 0 spiro atoms. The fourth-order valence-electron chi connectivity index (χ4n) is 6.68. The molecule has 2 N–H and O–H groups in total. The number of aromatic nitrogens is 2. The fraction of sp³-hybridized carbons (Fsp3) is 0.559. The van der Waals surface area contributed by atoms with E-state index in [-0.39, 0.29) is 35.6 Å². The molecule has 2 fully saturated rings. The molecule has 8 heteroatoms. The van der Waals surface area contributed by atoms with E-state index in [1.54, 1.807) is 0 Å². The second-order valence-corrected chi connectivity index (χ2v) is 13.7. The van der Waals surface area contributed by atoms with E-state index >= 15 is 0 Å². The van der Waals surface area contributed by atoms with Crippen molar-refractivity contribution in [1.29, 1.82) is 0 Å². The third kappa shape index (κ3) is 7.02. The molecule has 7 nitrogen and oxygen atoms in total. The molecule has 42 heavy (non-hydrogen) atoms. The van der Waals surface area contributed by atoms with Gasteiger partial charge in [-0.15, -0.1) is 0 Å². The zero-order valence-electron chi connectivity index (χ0n) is 25.8. The van der Waals surface area contributed by atoms with Gasteiger partial charge in [-0.25, -0.2) is 9.37 Å². The largest absolute Gasteiger partial charge is 0.354 e. The van der Waals surface area contributed by atoms with Crippen LogP contribution < -0.4 is 10.6 Å². The van der Waals surface area contributed by atoms with Crippen molar-refractivity contribution >= 4 is 28.8 Å². The first-order valence-corrected chi connectivity index (χ1v) is 15.6. The molecule has 2 aliphatic rings. The molecule has 2 amide bonds. The average Bonchev–Trinajstić information content (AvgIpc) is 3.30. The summed E-state index contributed by atoms with van der Waals surface area (Å²) in [6, 6.07) is 12.2. The lowest BCUT2D eigenvalue weighted by Gasteiger charge is -2.38. The summed E-state index contributed by atoms with van der Waals surface area (Å²) in [6.07, 6.45) is 5.66. The van der Waals surface area contributed by atoms with E-state index in [1.807, 2.05) is 13.8 Å². The Morgan fingerprint density at radius 1 is 0.976 bits per heavy atom. The Morgan fingerprint density at radius 3 is 2.26 bits per heavy atom. The molecule has 226 valence electrons. The number of benzene rings is 2. The van der Waals surface area contributed by atoms with E-state index in [0.29, 0.717) is 16.9 Å². The molecule has 0 bridgehead atoms. The molecule has 1 aliphatic carbocycles. The van der Waals surface area contributed by atoms with Crippen LogP contribution in [0.3, 0.4) is 0 Å². The molecule has 1 saturated heterocycles. The van der Waals surface area contributed by atoms with Crippen LogP contribution in [0.4, 0.5) is 10.3 Å². The van der Waals surface area contributed by atoms with Crippen LogP contribution in [-0.4, -0.2) is 45.4 Å². The molecule has 3 aromatic rings. The summed E-state index contributed by atoms with van der Waals surface area (Å²) in [4.78, 5) is 33.3. The van der Waals surface area contributed by atoms with Crippen LogP contribution in [0.2, 0.25) is 0 Å². The first-order valence-electron chi connectivity index (χ1n) is 15.6. The number of carbonyl (C=O) groups is 2. The summed E-state index contributed by atoms with van der Waals surface area (Å²) in [6.45, 7) is 14.1. The maximum absolute atomic E-state index is 13.5. The molecular weight excluding hydrogens is 529 g/mol. The summed E-state index contributed by atoms with van der Waals surface area (Å²) in [5.41, 5.74) is 3.80. The minimum atomic E-state index is -0.382. The smallest absolute Gasteiger partial charge is 0.257 e. The lowest BCUT2D eigenvalue weighted by Crippen LogP contribution is -2.37. The van der Waals surface area contributed by atoms with Crippen LogP contribution in [0.25, 0.3) is 11.0 Å². The molecule has 0 atom stereocenters. The number of carbonyl (C=O) groups excluding carboxylic acids is 2. The predicted octanol–water partition coefficient (Wildman–Crippen LogP) is 6.94. The number of rotatable bonds is 7. The number of halogens is 1. The van der Waals surface area contributed by atoms with Gasteiger partial charge >= 0.3 is 0 Å².